The predicted molar refractivity (Wildman–Crippen MR) is 85.9 cm³/mol. The summed E-state index contributed by atoms with van der Waals surface area (Å²) in [6.45, 7) is 0.256. The number of halogens is 1. The van der Waals surface area contributed by atoms with Crippen LogP contribution in [0.25, 0.3) is 5.76 Å². The van der Waals surface area contributed by atoms with Crippen molar-refractivity contribution >= 4 is 5.76 Å². The van der Waals surface area contributed by atoms with Crippen molar-refractivity contribution in [1.82, 2.24) is 0 Å². The summed E-state index contributed by atoms with van der Waals surface area (Å²) in [5.74, 6) is 0.476. The fraction of sp³-hybridized carbons (Fsp3) is 0.105. The maximum Gasteiger partial charge on any atom is 0.205 e. The summed E-state index contributed by atoms with van der Waals surface area (Å²) in [7, 11) is 0. The van der Waals surface area contributed by atoms with E-state index in [9.17, 15) is 9.65 Å². The van der Waals surface area contributed by atoms with Crippen LogP contribution in [0.2, 0.25) is 0 Å². The van der Waals surface area contributed by atoms with E-state index in [0.29, 0.717) is 17.1 Å². The van der Waals surface area contributed by atoms with E-state index < -0.39 is 5.92 Å². The molecule has 1 atom stereocenters. The highest BCUT2D eigenvalue weighted by atomic mass is 19.1. The molecule has 4 rings (SSSR count). The molecule has 0 fully saturated rings. The van der Waals surface area contributed by atoms with Crippen LogP contribution < -0.4 is 10.5 Å². The minimum Gasteiger partial charge on any atom is -0.488 e. The van der Waals surface area contributed by atoms with Gasteiger partial charge in [0.1, 0.15) is 35.6 Å². The monoisotopic (exact) mass is 320 g/mol. The van der Waals surface area contributed by atoms with Crippen LogP contribution in [0.5, 0.6) is 5.75 Å². The lowest BCUT2D eigenvalue weighted by atomic mass is 9.81. The van der Waals surface area contributed by atoms with Crippen molar-refractivity contribution in [3.05, 3.63) is 82.5 Å². The van der Waals surface area contributed by atoms with Gasteiger partial charge in [-0.15, -0.1) is 0 Å². The standard InChI is InChI=1S/C19H13FN2O2/c20-12-5-3-4-11(8-12)17-14(9-21)19(22)24-18-13-6-1-2-7-16(13)23-10-15(17)18/h1-8,17H,10,22H2/t17-/m0/s1. The van der Waals surface area contributed by atoms with E-state index in [1.54, 1.807) is 12.1 Å². The van der Waals surface area contributed by atoms with Crippen LogP contribution in [0.3, 0.4) is 0 Å². The van der Waals surface area contributed by atoms with Crippen molar-refractivity contribution in [3.8, 4) is 11.8 Å². The molecular formula is C19H13FN2O2. The Hall–Kier alpha value is -3.26. The molecule has 24 heavy (non-hydrogen) atoms. The highest BCUT2D eigenvalue weighted by molar-refractivity contribution is 5.75. The number of para-hydroxylation sites is 1. The Kier molecular flexibility index (Phi) is 3.24. The van der Waals surface area contributed by atoms with Crippen LogP contribution in [0, 0.1) is 17.1 Å². The molecule has 0 saturated carbocycles. The highest BCUT2D eigenvalue weighted by Gasteiger charge is 2.36. The van der Waals surface area contributed by atoms with Gasteiger partial charge < -0.3 is 15.2 Å². The number of ether oxygens (including phenoxy) is 2. The zero-order valence-electron chi connectivity index (χ0n) is 12.6. The maximum atomic E-state index is 13.7. The van der Waals surface area contributed by atoms with Gasteiger partial charge >= 0.3 is 0 Å². The first kappa shape index (κ1) is 14.3. The molecule has 0 spiro atoms. The van der Waals surface area contributed by atoms with Gasteiger partial charge in [-0.1, -0.05) is 24.3 Å². The van der Waals surface area contributed by atoms with Crippen LogP contribution in [0.1, 0.15) is 17.0 Å². The average Bonchev–Trinajstić information content (AvgIpc) is 2.60. The Balaban J connectivity index is 1.93. The summed E-state index contributed by atoms with van der Waals surface area (Å²) in [5, 5.41) is 9.52. The van der Waals surface area contributed by atoms with Gasteiger partial charge in [-0.25, -0.2) is 4.39 Å². The molecule has 2 aliphatic rings. The van der Waals surface area contributed by atoms with Crippen molar-refractivity contribution < 1.29 is 13.9 Å². The van der Waals surface area contributed by atoms with E-state index in [1.165, 1.54) is 12.1 Å². The van der Waals surface area contributed by atoms with E-state index >= 15 is 0 Å². The van der Waals surface area contributed by atoms with Crippen molar-refractivity contribution in [1.29, 1.82) is 5.26 Å². The second-order valence-corrected chi connectivity index (χ2v) is 5.62. The molecule has 2 aromatic rings. The Labute approximate surface area is 138 Å². The summed E-state index contributed by atoms with van der Waals surface area (Å²) in [4.78, 5) is 0. The SMILES string of the molecule is N#CC1=C(N)OC2=C(COc3ccccc32)[C@H]1c1cccc(F)c1. The van der Waals surface area contributed by atoms with Gasteiger partial charge in [-0.05, 0) is 29.8 Å². The third-order valence-electron chi connectivity index (χ3n) is 4.22. The van der Waals surface area contributed by atoms with Crippen LogP contribution in [0.4, 0.5) is 4.39 Å². The molecule has 0 saturated heterocycles. The summed E-state index contributed by atoms with van der Waals surface area (Å²) in [6, 6.07) is 15.7. The lowest BCUT2D eigenvalue weighted by Crippen LogP contribution is -2.26. The van der Waals surface area contributed by atoms with E-state index in [0.717, 1.165) is 11.1 Å². The van der Waals surface area contributed by atoms with E-state index in [1.807, 2.05) is 24.3 Å². The molecule has 4 nitrogen and oxygen atoms in total. The number of nitriles is 1. The molecule has 0 aliphatic carbocycles. The van der Waals surface area contributed by atoms with E-state index in [2.05, 4.69) is 6.07 Å². The number of fused-ring (bicyclic) bond motifs is 2. The molecule has 2 N–H and O–H groups in total. The van der Waals surface area contributed by atoms with Crippen LogP contribution in [-0.4, -0.2) is 6.61 Å². The quantitative estimate of drug-likeness (QED) is 0.874. The lowest BCUT2D eigenvalue weighted by Gasteiger charge is -2.32. The number of nitrogens with zero attached hydrogens (tertiary/aromatic N) is 1. The molecule has 2 aromatic carbocycles. The minimum absolute atomic E-state index is 0.0437. The lowest BCUT2D eigenvalue weighted by molar-refractivity contribution is 0.294. The Morgan fingerprint density at radius 1 is 1.17 bits per heavy atom. The molecule has 0 radical (unpaired) electrons. The van der Waals surface area contributed by atoms with Gasteiger partial charge in [0.15, 0.2) is 0 Å². The van der Waals surface area contributed by atoms with E-state index in [4.69, 9.17) is 15.2 Å². The van der Waals surface area contributed by atoms with Gasteiger partial charge in [0.2, 0.25) is 5.88 Å². The molecule has 118 valence electrons. The van der Waals surface area contributed by atoms with Gasteiger partial charge in [0, 0.05) is 5.57 Å². The van der Waals surface area contributed by atoms with Gasteiger partial charge in [-0.2, -0.15) is 5.26 Å². The topological polar surface area (TPSA) is 68.3 Å². The van der Waals surface area contributed by atoms with Gasteiger partial charge in [0.25, 0.3) is 0 Å². The van der Waals surface area contributed by atoms with Gasteiger partial charge in [0.05, 0.1) is 11.5 Å². The second-order valence-electron chi connectivity index (χ2n) is 5.62. The highest BCUT2D eigenvalue weighted by Crippen LogP contribution is 2.46. The maximum absolute atomic E-state index is 13.7. The third kappa shape index (κ3) is 2.12. The summed E-state index contributed by atoms with van der Waals surface area (Å²) in [5.41, 5.74) is 8.44. The van der Waals surface area contributed by atoms with Crippen LogP contribution >= 0.6 is 0 Å². The summed E-state index contributed by atoms with van der Waals surface area (Å²) in [6.07, 6.45) is 0. The smallest absolute Gasteiger partial charge is 0.205 e. The summed E-state index contributed by atoms with van der Waals surface area (Å²) >= 11 is 0. The molecule has 2 heterocycles. The van der Waals surface area contributed by atoms with Crippen LogP contribution in [-0.2, 0) is 4.74 Å². The fourth-order valence-electron chi connectivity index (χ4n) is 3.16. The largest absolute Gasteiger partial charge is 0.488 e. The minimum atomic E-state index is -0.484. The first-order valence-corrected chi connectivity index (χ1v) is 7.47. The first-order valence-electron chi connectivity index (χ1n) is 7.47. The normalized spacial score (nSPS) is 18.9. The van der Waals surface area contributed by atoms with Crippen molar-refractivity contribution in [3.63, 3.8) is 0 Å². The predicted octanol–water partition coefficient (Wildman–Crippen LogP) is 3.44. The molecule has 0 unspecified atom stereocenters. The van der Waals surface area contributed by atoms with Crippen molar-refractivity contribution in [2.24, 2.45) is 5.73 Å². The third-order valence-corrected chi connectivity index (χ3v) is 4.22. The van der Waals surface area contributed by atoms with E-state index in [-0.39, 0.29) is 23.9 Å². The molecule has 5 heteroatoms. The second kappa shape index (κ2) is 5.43. The number of hydrogen-bond donors (Lipinski definition) is 1. The zero-order chi connectivity index (χ0) is 16.7. The Morgan fingerprint density at radius 2 is 2.00 bits per heavy atom. The van der Waals surface area contributed by atoms with Crippen molar-refractivity contribution in [2.45, 2.75) is 5.92 Å². The fourth-order valence-corrected chi connectivity index (χ4v) is 3.16. The summed E-state index contributed by atoms with van der Waals surface area (Å²) < 4.78 is 25.2. The number of nitrogens with two attached hydrogens (primary N) is 1. The number of allylic oxidation sites excluding steroid dienone is 1. The molecule has 0 bridgehead atoms. The molecule has 0 amide bonds. The van der Waals surface area contributed by atoms with Crippen molar-refractivity contribution in [2.75, 3.05) is 6.61 Å². The molecular weight excluding hydrogens is 307 g/mol. The van der Waals surface area contributed by atoms with Crippen LogP contribution in [0.15, 0.2) is 65.6 Å². The average molecular weight is 320 g/mol. The number of benzene rings is 2. The molecule has 0 aromatic heterocycles. The first-order chi connectivity index (χ1) is 11.7. The Bertz CT molecular complexity index is 940. The van der Waals surface area contributed by atoms with Gasteiger partial charge in [-0.3, -0.25) is 0 Å². The zero-order valence-corrected chi connectivity index (χ0v) is 12.6. The molecule has 2 aliphatic heterocycles. The number of hydrogen-bond acceptors (Lipinski definition) is 4. The number of rotatable bonds is 1. The Morgan fingerprint density at radius 3 is 2.79 bits per heavy atom.